The molecule has 0 spiro atoms. The molecule has 8 nitrogen and oxygen atoms in total. The molecule has 29 heavy (non-hydrogen) atoms. The van der Waals surface area contributed by atoms with Crippen molar-refractivity contribution in [1.82, 2.24) is 5.32 Å². The van der Waals surface area contributed by atoms with E-state index in [1.165, 1.54) is 42.5 Å². The second-order valence-corrected chi connectivity index (χ2v) is 6.26. The number of carbonyl (C=O) groups is 2. The minimum Gasteiger partial charge on any atom is -0.504 e. The van der Waals surface area contributed by atoms with Gasteiger partial charge in [-0.2, -0.15) is 0 Å². The zero-order valence-electron chi connectivity index (χ0n) is 15.8. The number of ketones is 1. The Labute approximate surface area is 167 Å². The van der Waals surface area contributed by atoms with E-state index in [9.17, 15) is 30.0 Å². The molecular weight excluding hydrogens is 378 g/mol. The molecule has 5 N–H and O–H groups in total. The monoisotopic (exact) mass is 401 g/mol. The van der Waals surface area contributed by atoms with Crippen LogP contribution in [0.1, 0.15) is 18.1 Å². The molecule has 2 aromatic rings. The predicted octanol–water partition coefficient (Wildman–Crippen LogP) is 1.86. The summed E-state index contributed by atoms with van der Waals surface area (Å²) in [6, 6.07) is 7.53. The van der Waals surface area contributed by atoms with Crippen LogP contribution in [0, 0.1) is 0 Å². The quantitative estimate of drug-likeness (QED) is 0.244. The van der Waals surface area contributed by atoms with Crippen molar-refractivity contribution in [1.29, 1.82) is 0 Å². The number of hydrogen-bond donors (Lipinski definition) is 5. The van der Waals surface area contributed by atoms with Gasteiger partial charge in [-0.1, -0.05) is 18.2 Å². The van der Waals surface area contributed by atoms with Gasteiger partial charge in [-0.3, -0.25) is 14.9 Å². The van der Waals surface area contributed by atoms with Crippen molar-refractivity contribution in [2.45, 2.75) is 19.4 Å². The summed E-state index contributed by atoms with van der Waals surface area (Å²) in [5.74, 6) is -1.98. The van der Waals surface area contributed by atoms with Gasteiger partial charge in [0.25, 0.3) is 0 Å². The summed E-state index contributed by atoms with van der Waals surface area (Å²) >= 11 is 0. The molecule has 0 amide bonds. The van der Waals surface area contributed by atoms with Gasteiger partial charge in [0, 0.05) is 0 Å². The van der Waals surface area contributed by atoms with Crippen LogP contribution < -0.4 is 5.32 Å². The van der Waals surface area contributed by atoms with Gasteiger partial charge in [0.15, 0.2) is 28.8 Å². The molecule has 8 heteroatoms. The minimum atomic E-state index is -0.825. The highest BCUT2D eigenvalue weighted by molar-refractivity contribution is 5.95. The van der Waals surface area contributed by atoms with Gasteiger partial charge in [-0.05, 0) is 54.8 Å². The molecule has 0 heterocycles. The zero-order chi connectivity index (χ0) is 21.4. The van der Waals surface area contributed by atoms with Crippen molar-refractivity contribution in [2.24, 2.45) is 0 Å². The Balaban J connectivity index is 2.01. The summed E-state index contributed by atoms with van der Waals surface area (Å²) in [5.41, 5.74) is 1.10. The second kappa shape index (κ2) is 10.1. The van der Waals surface area contributed by atoms with Crippen LogP contribution in [0.2, 0.25) is 0 Å². The van der Waals surface area contributed by atoms with E-state index in [0.717, 1.165) is 0 Å². The largest absolute Gasteiger partial charge is 0.504 e. The number of benzene rings is 2. The highest BCUT2D eigenvalue weighted by Crippen LogP contribution is 2.26. The third-order valence-electron chi connectivity index (χ3n) is 4.03. The number of carbonyl (C=O) groups excluding carboxylic acids is 2. The molecule has 0 aliphatic rings. The number of esters is 1. The molecule has 1 atom stereocenters. The molecule has 0 aliphatic carbocycles. The van der Waals surface area contributed by atoms with Crippen LogP contribution in [-0.2, 0) is 20.7 Å². The molecule has 2 aromatic carbocycles. The fraction of sp³-hybridized carbons (Fsp3) is 0.238. The van der Waals surface area contributed by atoms with Crippen molar-refractivity contribution in [3.8, 4) is 23.0 Å². The topological polar surface area (TPSA) is 136 Å². The first kappa shape index (κ1) is 21.8. The van der Waals surface area contributed by atoms with Gasteiger partial charge in [0.05, 0.1) is 13.2 Å². The number of nitrogens with one attached hydrogen (secondary N) is 1. The van der Waals surface area contributed by atoms with E-state index in [4.69, 9.17) is 4.74 Å². The van der Waals surface area contributed by atoms with Crippen LogP contribution in [0.4, 0.5) is 0 Å². The van der Waals surface area contributed by atoms with Gasteiger partial charge >= 0.3 is 5.97 Å². The van der Waals surface area contributed by atoms with E-state index in [2.05, 4.69) is 5.32 Å². The maximum Gasteiger partial charge on any atom is 0.323 e. The van der Waals surface area contributed by atoms with Crippen LogP contribution in [0.5, 0.6) is 23.0 Å². The van der Waals surface area contributed by atoms with E-state index in [-0.39, 0.29) is 48.4 Å². The first-order chi connectivity index (χ1) is 13.8. The average molecular weight is 401 g/mol. The first-order valence-corrected chi connectivity index (χ1v) is 8.94. The van der Waals surface area contributed by atoms with Crippen LogP contribution in [0.25, 0.3) is 6.08 Å². The molecule has 0 aromatic heterocycles. The number of hydrogen-bond acceptors (Lipinski definition) is 8. The standard InChI is InChI=1S/C21H23NO7/c1-2-29-21(28)16(9-14-5-8-18(25)20(27)11-14)22-12-15(23)6-3-13-4-7-17(24)19(26)10-13/h3-8,10-11,16,22,24-27H,2,9,12H2,1H3/b6-3+/t16-/m1/s1. The number of ether oxygens (including phenoxy) is 1. The van der Waals surface area contributed by atoms with Crippen molar-refractivity contribution in [2.75, 3.05) is 13.2 Å². The van der Waals surface area contributed by atoms with E-state index in [1.54, 1.807) is 13.0 Å². The lowest BCUT2D eigenvalue weighted by Gasteiger charge is -2.17. The molecule has 2 rings (SSSR count). The van der Waals surface area contributed by atoms with Gasteiger partial charge in [-0.15, -0.1) is 0 Å². The number of phenols is 4. The van der Waals surface area contributed by atoms with Crippen molar-refractivity contribution in [3.05, 3.63) is 53.6 Å². The van der Waals surface area contributed by atoms with Gasteiger partial charge < -0.3 is 25.2 Å². The van der Waals surface area contributed by atoms with E-state index < -0.39 is 12.0 Å². The Morgan fingerprint density at radius 1 is 1.00 bits per heavy atom. The molecule has 0 fully saturated rings. The lowest BCUT2D eigenvalue weighted by atomic mass is 10.0. The maximum absolute atomic E-state index is 12.2. The molecule has 154 valence electrons. The highest BCUT2D eigenvalue weighted by Gasteiger charge is 2.21. The van der Waals surface area contributed by atoms with Crippen molar-refractivity contribution in [3.63, 3.8) is 0 Å². The third kappa shape index (κ3) is 6.54. The fourth-order valence-corrected chi connectivity index (χ4v) is 2.53. The van der Waals surface area contributed by atoms with Crippen LogP contribution >= 0.6 is 0 Å². The van der Waals surface area contributed by atoms with Gasteiger partial charge in [-0.25, -0.2) is 0 Å². The molecule has 0 radical (unpaired) electrons. The number of rotatable bonds is 9. The molecule has 0 bridgehead atoms. The third-order valence-corrected chi connectivity index (χ3v) is 4.03. The lowest BCUT2D eigenvalue weighted by Crippen LogP contribution is -2.42. The molecule has 0 aliphatic heterocycles. The average Bonchev–Trinajstić information content (AvgIpc) is 2.68. The summed E-state index contributed by atoms with van der Waals surface area (Å²) in [6.45, 7) is 1.70. The Morgan fingerprint density at radius 3 is 2.28 bits per heavy atom. The van der Waals surface area contributed by atoms with Gasteiger partial charge in [0.2, 0.25) is 0 Å². The Bertz CT molecular complexity index is 908. The molecular formula is C21H23NO7. The summed E-state index contributed by atoms with van der Waals surface area (Å²) in [7, 11) is 0. The van der Waals surface area contributed by atoms with Crippen LogP contribution in [0.15, 0.2) is 42.5 Å². The SMILES string of the molecule is CCOC(=O)[C@@H](Cc1ccc(O)c(O)c1)NCC(=O)/C=C/c1ccc(O)c(O)c1. The van der Waals surface area contributed by atoms with E-state index >= 15 is 0 Å². The summed E-state index contributed by atoms with van der Waals surface area (Å²) < 4.78 is 5.02. The van der Waals surface area contributed by atoms with Crippen molar-refractivity contribution < 1.29 is 34.8 Å². The Hall–Kier alpha value is -3.52. The van der Waals surface area contributed by atoms with E-state index in [0.29, 0.717) is 11.1 Å². The predicted molar refractivity (Wildman–Crippen MR) is 106 cm³/mol. The fourth-order valence-electron chi connectivity index (χ4n) is 2.53. The Kier molecular flexibility index (Phi) is 7.62. The summed E-state index contributed by atoms with van der Waals surface area (Å²) in [6.07, 6.45) is 2.91. The minimum absolute atomic E-state index is 0.145. The smallest absolute Gasteiger partial charge is 0.323 e. The van der Waals surface area contributed by atoms with Crippen LogP contribution in [0.3, 0.4) is 0 Å². The number of aromatic hydroxyl groups is 4. The lowest BCUT2D eigenvalue weighted by molar-refractivity contribution is -0.145. The normalized spacial score (nSPS) is 12.0. The second-order valence-electron chi connectivity index (χ2n) is 6.26. The van der Waals surface area contributed by atoms with Crippen molar-refractivity contribution >= 4 is 17.8 Å². The zero-order valence-corrected chi connectivity index (χ0v) is 15.8. The number of phenolic OH excluding ortho intramolecular Hbond substituents is 4. The van der Waals surface area contributed by atoms with Gasteiger partial charge in [0.1, 0.15) is 6.04 Å². The molecule has 0 unspecified atom stereocenters. The molecule has 0 saturated heterocycles. The maximum atomic E-state index is 12.2. The Morgan fingerprint density at radius 2 is 1.66 bits per heavy atom. The molecule has 0 saturated carbocycles. The van der Waals surface area contributed by atoms with E-state index in [1.807, 2.05) is 0 Å². The highest BCUT2D eigenvalue weighted by atomic mass is 16.5. The first-order valence-electron chi connectivity index (χ1n) is 8.94. The summed E-state index contributed by atoms with van der Waals surface area (Å²) in [4.78, 5) is 24.3. The van der Waals surface area contributed by atoms with Crippen LogP contribution in [-0.4, -0.2) is 51.4 Å². The summed E-state index contributed by atoms with van der Waals surface area (Å²) in [5, 5.41) is 40.6.